The van der Waals surface area contributed by atoms with Crippen LogP contribution in [0.15, 0.2) is 30.3 Å². The van der Waals surface area contributed by atoms with Crippen molar-refractivity contribution in [3.8, 4) is 11.8 Å². The van der Waals surface area contributed by atoms with Gasteiger partial charge in [-0.15, -0.1) is 0 Å². The molecule has 1 aliphatic heterocycles. The summed E-state index contributed by atoms with van der Waals surface area (Å²) in [6.45, 7) is 3.01. The molecule has 0 bridgehead atoms. The van der Waals surface area contributed by atoms with Gasteiger partial charge in [0, 0.05) is 24.2 Å². The van der Waals surface area contributed by atoms with Crippen molar-refractivity contribution < 1.29 is 14.3 Å². The highest BCUT2D eigenvalue weighted by molar-refractivity contribution is 5.95. The normalized spacial score (nSPS) is 19.3. The van der Waals surface area contributed by atoms with Crippen molar-refractivity contribution in [1.82, 2.24) is 5.32 Å². The molecule has 0 radical (unpaired) electrons. The molecular weight excluding hydrogens is 280 g/mol. The first kappa shape index (κ1) is 16.1. The van der Waals surface area contributed by atoms with Gasteiger partial charge in [0.15, 0.2) is 0 Å². The SMILES string of the molecule is COc1ccccc1C(C)=CC(=O)NC(C#N)C1CCOC1. The Morgan fingerprint density at radius 2 is 2.32 bits per heavy atom. The number of carbonyl (C=O) groups is 1. The number of hydrogen-bond donors (Lipinski definition) is 1. The number of amides is 1. The number of ether oxygens (including phenoxy) is 2. The molecule has 2 atom stereocenters. The average molecular weight is 300 g/mol. The summed E-state index contributed by atoms with van der Waals surface area (Å²) in [5.41, 5.74) is 1.65. The highest BCUT2D eigenvalue weighted by atomic mass is 16.5. The molecule has 22 heavy (non-hydrogen) atoms. The summed E-state index contributed by atoms with van der Waals surface area (Å²) in [6, 6.07) is 9.13. The van der Waals surface area contributed by atoms with E-state index in [2.05, 4.69) is 11.4 Å². The van der Waals surface area contributed by atoms with Crippen molar-refractivity contribution in [2.45, 2.75) is 19.4 Å². The monoisotopic (exact) mass is 300 g/mol. The molecule has 5 nitrogen and oxygen atoms in total. The third-order valence-electron chi connectivity index (χ3n) is 3.75. The van der Waals surface area contributed by atoms with Crippen LogP contribution in [0.25, 0.3) is 5.57 Å². The maximum Gasteiger partial charge on any atom is 0.245 e. The molecule has 1 heterocycles. The number of allylic oxidation sites excluding steroid dienone is 1. The van der Waals surface area contributed by atoms with E-state index >= 15 is 0 Å². The summed E-state index contributed by atoms with van der Waals surface area (Å²) in [4.78, 5) is 12.1. The summed E-state index contributed by atoms with van der Waals surface area (Å²) in [5, 5.41) is 12.0. The molecule has 2 unspecified atom stereocenters. The summed E-state index contributed by atoms with van der Waals surface area (Å²) in [5.74, 6) is 0.501. The Morgan fingerprint density at radius 3 is 2.95 bits per heavy atom. The molecule has 1 aromatic rings. The Bertz CT molecular complexity index is 598. The van der Waals surface area contributed by atoms with Crippen LogP contribution < -0.4 is 10.1 Å². The fourth-order valence-electron chi connectivity index (χ4n) is 2.51. The van der Waals surface area contributed by atoms with Gasteiger partial charge < -0.3 is 14.8 Å². The Kier molecular flexibility index (Phi) is 5.56. The van der Waals surface area contributed by atoms with Gasteiger partial charge in [-0.3, -0.25) is 4.79 Å². The van der Waals surface area contributed by atoms with Crippen molar-refractivity contribution in [1.29, 1.82) is 5.26 Å². The molecule has 0 aliphatic carbocycles. The molecule has 1 aliphatic rings. The van der Waals surface area contributed by atoms with Gasteiger partial charge >= 0.3 is 0 Å². The molecule has 0 saturated carbocycles. The van der Waals surface area contributed by atoms with Crippen LogP contribution in [0.2, 0.25) is 0 Å². The molecule has 116 valence electrons. The van der Waals surface area contributed by atoms with Gasteiger partial charge in [-0.05, 0) is 25.0 Å². The van der Waals surface area contributed by atoms with E-state index in [1.165, 1.54) is 6.08 Å². The Labute approximate surface area is 130 Å². The molecule has 1 fully saturated rings. The van der Waals surface area contributed by atoms with E-state index in [1.807, 2.05) is 31.2 Å². The summed E-state index contributed by atoms with van der Waals surface area (Å²) in [7, 11) is 1.60. The number of nitrogens with zero attached hydrogens (tertiary/aromatic N) is 1. The van der Waals surface area contributed by atoms with E-state index in [-0.39, 0.29) is 11.8 Å². The molecule has 0 spiro atoms. The van der Waals surface area contributed by atoms with Gasteiger partial charge in [0.05, 0.1) is 19.8 Å². The number of rotatable bonds is 5. The Balaban J connectivity index is 2.07. The largest absolute Gasteiger partial charge is 0.496 e. The van der Waals surface area contributed by atoms with E-state index in [0.29, 0.717) is 19.0 Å². The lowest BCUT2D eigenvalue weighted by Gasteiger charge is -2.16. The molecule has 5 heteroatoms. The van der Waals surface area contributed by atoms with Gasteiger partial charge in [-0.2, -0.15) is 5.26 Å². The van der Waals surface area contributed by atoms with Gasteiger partial charge in [0.2, 0.25) is 5.91 Å². The van der Waals surface area contributed by atoms with Crippen LogP contribution in [0.5, 0.6) is 5.75 Å². The summed E-state index contributed by atoms with van der Waals surface area (Å²) < 4.78 is 10.6. The van der Waals surface area contributed by atoms with E-state index in [9.17, 15) is 10.1 Å². The van der Waals surface area contributed by atoms with Crippen molar-refractivity contribution in [3.63, 3.8) is 0 Å². The second-order valence-electron chi connectivity index (χ2n) is 5.27. The maximum absolute atomic E-state index is 12.1. The zero-order valence-electron chi connectivity index (χ0n) is 12.8. The minimum absolute atomic E-state index is 0.0638. The minimum Gasteiger partial charge on any atom is -0.496 e. The highest BCUT2D eigenvalue weighted by Crippen LogP contribution is 2.25. The average Bonchev–Trinajstić information content (AvgIpc) is 3.06. The lowest BCUT2D eigenvalue weighted by molar-refractivity contribution is -0.117. The molecule has 0 aromatic heterocycles. The first-order valence-electron chi connectivity index (χ1n) is 7.25. The van der Waals surface area contributed by atoms with E-state index in [0.717, 1.165) is 17.6 Å². The van der Waals surface area contributed by atoms with Crippen LogP contribution in [0, 0.1) is 17.2 Å². The van der Waals surface area contributed by atoms with Crippen LogP contribution in [0.1, 0.15) is 18.9 Å². The quantitative estimate of drug-likeness (QED) is 0.846. The zero-order chi connectivity index (χ0) is 15.9. The number of nitrogens with one attached hydrogen (secondary N) is 1. The number of methoxy groups -OCH3 is 1. The highest BCUT2D eigenvalue weighted by Gasteiger charge is 2.26. The van der Waals surface area contributed by atoms with Crippen molar-refractivity contribution in [3.05, 3.63) is 35.9 Å². The topological polar surface area (TPSA) is 71.3 Å². The second-order valence-corrected chi connectivity index (χ2v) is 5.27. The lowest BCUT2D eigenvalue weighted by atomic mass is 10.00. The standard InChI is InChI=1S/C17H20N2O3/c1-12(14-5-3-4-6-16(14)21-2)9-17(20)19-15(10-18)13-7-8-22-11-13/h3-6,9,13,15H,7-8,11H2,1-2H3,(H,19,20). The van der Waals surface area contributed by atoms with Crippen molar-refractivity contribution in [2.75, 3.05) is 20.3 Å². The lowest BCUT2D eigenvalue weighted by Crippen LogP contribution is -2.38. The minimum atomic E-state index is -0.517. The van der Waals surface area contributed by atoms with Crippen molar-refractivity contribution in [2.24, 2.45) is 5.92 Å². The van der Waals surface area contributed by atoms with Crippen LogP contribution in [0.4, 0.5) is 0 Å². The predicted molar refractivity (Wildman–Crippen MR) is 83.1 cm³/mol. The summed E-state index contributed by atoms with van der Waals surface area (Å²) >= 11 is 0. The number of carbonyl (C=O) groups excluding carboxylic acids is 1. The van der Waals surface area contributed by atoms with E-state index in [4.69, 9.17) is 9.47 Å². The van der Waals surface area contributed by atoms with Crippen LogP contribution in [0.3, 0.4) is 0 Å². The first-order valence-corrected chi connectivity index (χ1v) is 7.25. The summed E-state index contributed by atoms with van der Waals surface area (Å²) in [6.07, 6.45) is 2.30. The number of hydrogen-bond acceptors (Lipinski definition) is 4. The number of nitriles is 1. The fourth-order valence-corrected chi connectivity index (χ4v) is 2.51. The number of benzene rings is 1. The smallest absolute Gasteiger partial charge is 0.245 e. The predicted octanol–water partition coefficient (Wildman–Crippen LogP) is 2.14. The fraction of sp³-hybridized carbons (Fsp3) is 0.412. The molecule has 2 rings (SSSR count). The molecule has 1 saturated heterocycles. The first-order chi connectivity index (χ1) is 10.7. The van der Waals surface area contributed by atoms with E-state index < -0.39 is 6.04 Å². The third-order valence-corrected chi connectivity index (χ3v) is 3.75. The van der Waals surface area contributed by atoms with Gasteiger partial charge in [0.1, 0.15) is 11.8 Å². The Hall–Kier alpha value is -2.32. The van der Waals surface area contributed by atoms with Crippen molar-refractivity contribution >= 4 is 11.5 Å². The molecular formula is C17H20N2O3. The van der Waals surface area contributed by atoms with Gasteiger partial charge in [-0.1, -0.05) is 18.2 Å². The molecule has 1 amide bonds. The van der Waals surface area contributed by atoms with Gasteiger partial charge in [0.25, 0.3) is 0 Å². The van der Waals surface area contributed by atoms with E-state index in [1.54, 1.807) is 7.11 Å². The van der Waals surface area contributed by atoms with Gasteiger partial charge in [-0.25, -0.2) is 0 Å². The zero-order valence-corrected chi connectivity index (χ0v) is 12.8. The molecule has 1 aromatic carbocycles. The molecule has 1 N–H and O–H groups in total. The van der Waals surface area contributed by atoms with Crippen LogP contribution >= 0.6 is 0 Å². The number of para-hydroxylation sites is 1. The van der Waals surface area contributed by atoms with Crippen LogP contribution in [-0.4, -0.2) is 32.3 Å². The Morgan fingerprint density at radius 1 is 1.55 bits per heavy atom. The second kappa shape index (κ2) is 7.62. The maximum atomic E-state index is 12.1. The third kappa shape index (κ3) is 3.86. The van der Waals surface area contributed by atoms with Crippen LogP contribution in [-0.2, 0) is 9.53 Å².